The molecule has 0 saturated carbocycles. The van der Waals surface area contributed by atoms with E-state index in [4.69, 9.17) is 4.74 Å². The quantitative estimate of drug-likeness (QED) is 0.461. The van der Waals surface area contributed by atoms with Gasteiger partial charge in [-0.05, 0) is 29.8 Å². The van der Waals surface area contributed by atoms with Gasteiger partial charge in [0.2, 0.25) is 0 Å². The second kappa shape index (κ2) is 6.49. The highest BCUT2D eigenvalue weighted by Crippen LogP contribution is 2.32. The van der Waals surface area contributed by atoms with Gasteiger partial charge in [0.1, 0.15) is 18.0 Å². The first-order valence-corrected chi connectivity index (χ1v) is 8.68. The van der Waals surface area contributed by atoms with Crippen LogP contribution in [-0.4, -0.2) is 9.38 Å². The summed E-state index contributed by atoms with van der Waals surface area (Å²) in [6.45, 7) is 0.210. The van der Waals surface area contributed by atoms with Crippen molar-refractivity contribution in [1.29, 1.82) is 0 Å². The summed E-state index contributed by atoms with van der Waals surface area (Å²) in [4.78, 5) is 5.37. The molecule has 7 heteroatoms. The third-order valence-corrected chi connectivity index (χ3v) is 4.86. The molecule has 0 unspecified atom stereocenters. The van der Waals surface area contributed by atoms with E-state index in [0.717, 1.165) is 28.4 Å². The summed E-state index contributed by atoms with van der Waals surface area (Å²) in [6.07, 6.45) is -0.573. The first kappa shape index (κ1) is 16.7. The third-order valence-electron chi connectivity index (χ3n) is 3.93. The van der Waals surface area contributed by atoms with E-state index in [1.165, 1.54) is 23.5 Å². The van der Waals surface area contributed by atoms with Gasteiger partial charge in [0, 0.05) is 17.6 Å². The highest BCUT2D eigenvalue weighted by Gasteiger charge is 2.29. The highest BCUT2D eigenvalue weighted by atomic mass is 32.1. The smallest absolute Gasteiger partial charge is 0.416 e. The molecule has 0 amide bonds. The standard InChI is InChI=1S/C19H13F3N2OS/c20-19(21,22)14-6-4-13(5-7-14)11-25-15-9-17(26-12-15)16-10-23-18-3-1-2-8-24(16)18/h1-10,12H,11H2. The van der Waals surface area contributed by atoms with Crippen molar-refractivity contribution < 1.29 is 17.9 Å². The van der Waals surface area contributed by atoms with Crippen LogP contribution in [0.4, 0.5) is 13.2 Å². The van der Waals surface area contributed by atoms with Crippen LogP contribution in [-0.2, 0) is 12.8 Å². The molecule has 1 aromatic carbocycles. The van der Waals surface area contributed by atoms with E-state index >= 15 is 0 Å². The van der Waals surface area contributed by atoms with E-state index in [-0.39, 0.29) is 6.61 Å². The van der Waals surface area contributed by atoms with E-state index in [9.17, 15) is 13.2 Å². The summed E-state index contributed by atoms with van der Waals surface area (Å²) in [5.74, 6) is 0.677. The molecule has 0 bridgehead atoms. The number of nitrogens with zero attached hydrogens (tertiary/aromatic N) is 2. The summed E-state index contributed by atoms with van der Waals surface area (Å²) < 4.78 is 45.4. The van der Waals surface area contributed by atoms with Crippen LogP contribution in [0.3, 0.4) is 0 Å². The molecule has 3 heterocycles. The molecular formula is C19H13F3N2OS. The molecule has 4 rings (SSSR count). The number of pyridine rings is 1. The predicted octanol–water partition coefficient (Wildman–Crippen LogP) is 5.66. The molecule has 3 nitrogen and oxygen atoms in total. The number of hydrogen-bond donors (Lipinski definition) is 0. The van der Waals surface area contributed by atoms with Crippen molar-refractivity contribution in [3.05, 3.63) is 77.4 Å². The van der Waals surface area contributed by atoms with E-state index in [1.807, 2.05) is 40.2 Å². The van der Waals surface area contributed by atoms with Crippen molar-refractivity contribution >= 4 is 17.0 Å². The average molecular weight is 374 g/mol. The molecule has 0 aliphatic carbocycles. The zero-order valence-corrected chi connectivity index (χ0v) is 14.2. The lowest BCUT2D eigenvalue weighted by atomic mass is 10.1. The molecule has 0 aliphatic heterocycles. The van der Waals surface area contributed by atoms with Crippen LogP contribution in [0, 0.1) is 0 Å². The second-order valence-corrected chi connectivity index (χ2v) is 6.61. The number of benzene rings is 1. The number of ether oxygens (including phenoxy) is 1. The van der Waals surface area contributed by atoms with Crippen LogP contribution >= 0.6 is 11.3 Å². The lowest BCUT2D eigenvalue weighted by Crippen LogP contribution is -2.05. The SMILES string of the molecule is FC(F)(F)c1ccc(COc2csc(-c3cnc4ccccn34)c2)cc1. The molecule has 0 fully saturated rings. The van der Waals surface area contributed by atoms with Crippen molar-refractivity contribution in [2.45, 2.75) is 12.8 Å². The van der Waals surface area contributed by atoms with Crippen molar-refractivity contribution in [2.24, 2.45) is 0 Å². The maximum Gasteiger partial charge on any atom is 0.416 e. The fraction of sp³-hybridized carbons (Fsp3) is 0.105. The minimum Gasteiger partial charge on any atom is -0.488 e. The Kier molecular flexibility index (Phi) is 4.16. The number of alkyl halides is 3. The topological polar surface area (TPSA) is 26.5 Å². The Morgan fingerprint density at radius 3 is 2.65 bits per heavy atom. The second-order valence-electron chi connectivity index (χ2n) is 5.70. The Morgan fingerprint density at radius 2 is 1.88 bits per heavy atom. The Hall–Kier alpha value is -2.80. The number of fused-ring (bicyclic) bond motifs is 1. The van der Waals surface area contributed by atoms with Gasteiger partial charge in [-0.3, -0.25) is 4.40 Å². The van der Waals surface area contributed by atoms with Gasteiger partial charge in [-0.2, -0.15) is 13.2 Å². The van der Waals surface area contributed by atoms with Gasteiger partial charge in [0.15, 0.2) is 0 Å². The molecule has 132 valence electrons. The van der Waals surface area contributed by atoms with Crippen LogP contribution in [0.2, 0.25) is 0 Å². The van der Waals surface area contributed by atoms with E-state index in [1.54, 1.807) is 6.20 Å². The molecule has 0 N–H and O–H groups in total. The average Bonchev–Trinajstić information content (AvgIpc) is 3.26. The highest BCUT2D eigenvalue weighted by molar-refractivity contribution is 7.13. The number of aromatic nitrogens is 2. The Labute approximate surface area is 151 Å². The summed E-state index contributed by atoms with van der Waals surface area (Å²) >= 11 is 1.53. The van der Waals surface area contributed by atoms with Crippen molar-refractivity contribution in [3.8, 4) is 16.3 Å². The van der Waals surface area contributed by atoms with E-state index in [0.29, 0.717) is 11.3 Å². The van der Waals surface area contributed by atoms with Crippen molar-refractivity contribution in [2.75, 3.05) is 0 Å². The minimum absolute atomic E-state index is 0.210. The molecular weight excluding hydrogens is 361 g/mol. The van der Waals surface area contributed by atoms with Crippen molar-refractivity contribution in [1.82, 2.24) is 9.38 Å². The van der Waals surface area contributed by atoms with Crippen molar-refractivity contribution in [3.63, 3.8) is 0 Å². The summed E-state index contributed by atoms with van der Waals surface area (Å²) in [5, 5.41) is 1.88. The first-order chi connectivity index (χ1) is 12.5. The van der Waals surface area contributed by atoms with Gasteiger partial charge in [-0.1, -0.05) is 18.2 Å². The maximum atomic E-state index is 12.6. The van der Waals surface area contributed by atoms with Crippen LogP contribution in [0.15, 0.2) is 66.3 Å². The molecule has 0 saturated heterocycles. The molecule has 0 radical (unpaired) electrons. The first-order valence-electron chi connectivity index (χ1n) is 7.81. The fourth-order valence-electron chi connectivity index (χ4n) is 2.60. The van der Waals surface area contributed by atoms with Gasteiger partial charge in [0.25, 0.3) is 0 Å². The predicted molar refractivity (Wildman–Crippen MR) is 94.3 cm³/mol. The molecule has 3 aromatic heterocycles. The van der Waals surface area contributed by atoms with Crippen LogP contribution < -0.4 is 4.74 Å². The summed E-state index contributed by atoms with van der Waals surface area (Å²) in [5.41, 5.74) is 1.85. The zero-order valence-electron chi connectivity index (χ0n) is 13.4. The van der Waals surface area contributed by atoms with E-state index in [2.05, 4.69) is 4.98 Å². The van der Waals surface area contributed by atoms with Crippen LogP contribution in [0.5, 0.6) is 5.75 Å². The Bertz CT molecular complexity index is 1030. The Morgan fingerprint density at radius 1 is 1.08 bits per heavy atom. The number of imidazole rings is 1. The number of hydrogen-bond acceptors (Lipinski definition) is 3. The van der Waals surface area contributed by atoms with Crippen LogP contribution in [0.1, 0.15) is 11.1 Å². The minimum atomic E-state index is -4.32. The monoisotopic (exact) mass is 374 g/mol. The largest absolute Gasteiger partial charge is 0.488 e. The molecule has 0 spiro atoms. The third kappa shape index (κ3) is 3.30. The van der Waals surface area contributed by atoms with Gasteiger partial charge in [-0.25, -0.2) is 4.98 Å². The molecule has 4 aromatic rings. The van der Waals surface area contributed by atoms with Gasteiger partial charge >= 0.3 is 6.18 Å². The van der Waals surface area contributed by atoms with Crippen LogP contribution in [0.25, 0.3) is 16.2 Å². The number of thiophene rings is 1. The number of halogens is 3. The molecule has 26 heavy (non-hydrogen) atoms. The fourth-order valence-corrected chi connectivity index (χ4v) is 3.44. The lowest BCUT2D eigenvalue weighted by Gasteiger charge is -2.08. The Balaban J connectivity index is 1.47. The lowest BCUT2D eigenvalue weighted by molar-refractivity contribution is -0.137. The van der Waals surface area contributed by atoms with Gasteiger partial charge < -0.3 is 4.74 Å². The molecule has 0 aliphatic rings. The maximum absolute atomic E-state index is 12.6. The summed E-state index contributed by atoms with van der Waals surface area (Å²) in [7, 11) is 0. The zero-order chi connectivity index (χ0) is 18.1. The normalized spacial score (nSPS) is 11.8. The van der Waals surface area contributed by atoms with Gasteiger partial charge in [-0.15, -0.1) is 11.3 Å². The number of rotatable bonds is 4. The summed E-state index contributed by atoms with van der Waals surface area (Å²) in [6, 6.07) is 12.7. The van der Waals surface area contributed by atoms with E-state index < -0.39 is 11.7 Å². The van der Waals surface area contributed by atoms with Gasteiger partial charge in [0.05, 0.1) is 22.3 Å². The molecule has 0 atom stereocenters.